The number of hydrogen-bond acceptors (Lipinski definition) is 2. The second-order valence-electron chi connectivity index (χ2n) is 5.72. The largest absolute Gasteiger partial charge is 0.376 e. The van der Waals surface area contributed by atoms with E-state index in [2.05, 4.69) is 27.4 Å². The normalized spacial score (nSPS) is 19.1. The van der Waals surface area contributed by atoms with E-state index in [1.807, 2.05) is 19.9 Å². The van der Waals surface area contributed by atoms with Crippen molar-refractivity contribution in [3.05, 3.63) is 12.7 Å². The van der Waals surface area contributed by atoms with Crippen molar-refractivity contribution in [2.45, 2.75) is 71.5 Å². The van der Waals surface area contributed by atoms with Crippen molar-refractivity contribution in [3.8, 4) is 0 Å². The van der Waals surface area contributed by atoms with Gasteiger partial charge in [-0.2, -0.15) is 0 Å². The van der Waals surface area contributed by atoms with E-state index in [1.54, 1.807) is 0 Å². The third-order valence-corrected chi connectivity index (χ3v) is 2.84. The molecule has 0 atom stereocenters. The zero-order chi connectivity index (χ0) is 13.4. The van der Waals surface area contributed by atoms with Crippen LogP contribution in [0, 0.1) is 0 Å². The summed E-state index contributed by atoms with van der Waals surface area (Å²) >= 11 is 0. The molecule has 0 unspecified atom stereocenters. The molecule has 2 heteroatoms. The third-order valence-electron chi connectivity index (χ3n) is 2.84. The summed E-state index contributed by atoms with van der Waals surface area (Å²) in [5, 5.41) is 0. The van der Waals surface area contributed by atoms with E-state index in [1.165, 1.54) is 19.3 Å². The predicted molar refractivity (Wildman–Crippen MR) is 74.4 cm³/mol. The fourth-order valence-electron chi connectivity index (χ4n) is 1.50. The first kappa shape index (κ1) is 16.7. The molecule has 0 aromatic carbocycles. The van der Waals surface area contributed by atoms with Crippen molar-refractivity contribution in [2.24, 2.45) is 0 Å². The van der Waals surface area contributed by atoms with Gasteiger partial charge in [0.25, 0.3) is 0 Å². The molecule has 0 aromatic heterocycles. The van der Waals surface area contributed by atoms with E-state index < -0.39 is 0 Å². The minimum atomic E-state index is -0.143. The fraction of sp³-hybridized carbons (Fsp3) is 0.867. The zero-order valence-electron chi connectivity index (χ0n) is 12.3. The molecule has 0 bridgehead atoms. The first-order chi connectivity index (χ1) is 7.83. The Morgan fingerprint density at radius 3 is 2.29 bits per heavy atom. The topological polar surface area (TPSA) is 18.5 Å². The summed E-state index contributed by atoms with van der Waals surface area (Å²) in [6.07, 6.45) is 6.71. The Morgan fingerprint density at radius 2 is 2.00 bits per heavy atom. The van der Waals surface area contributed by atoms with Crippen LogP contribution in [-0.2, 0) is 9.47 Å². The summed E-state index contributed by atoms with van der Waals surface area (Å²) in [5.74, 6) is 0. The number of hydrogen-bond donors (Lipinski definition) is 0. The van der Waals surface area contributed by atoms with Gasteiger partial charge in [0.1, 0.15) is 0 Å². The molecule has 0 radical (unpaired) electrons. The van der Waals surface area contributed by atoms with Crippen LogP contribution in [0.2, 0.25) is 0 Å². The highest BCUT2D eigenvalue weighted by atomic mass is 16.5. The van der Waals surface area contributed by atoms with E-state index in [0.29, 0.717) is 0 Å². The van der Waals surface area contributed by atoms with Gasteiger partial charge in [-0.1, -0.05) is 13.0 Å². The first-order valence-corrected chi connectivity index (χ1v) is 6.74. The SMILES string of the molecule is C=CC(C)(C)OCCC.CC1(C)CCCCO1. The van der Waals surface area contributed by atoms with Crippen molar-refractivity contribution in [1.82, 2.24) is 0 Å². The summed E-state index contributed by atoms with van der Waals surface area (Å²) in [4.78, 5) is 0. The van der Waals surface area contributed by atoms with Crippen LogP contribution in [0.5, 0.6) is 0 Å². The zero-order valence-corrected chi connectivity index (χ0v) is 12.3. The van der Waals surface area contributed by atoms with E-state index >= 15 is 0 Å². The Kier molecular flexibility index (Phi) is 7.73. The molecule has 0 spiro atoms. The van der Waals surface area contributed by atoms with E-state index in [4.69, 9.17) is 9.47 Å². The summed E-state index contributed by atoms with van der Waals surface area (Å²) in [6.45, 7) is 15.9. The van der Waals surface area contributed by atoms with Crippen LogP contribution in [-0.4, -0.2) is 24.4 Å². The quantitative estimate of drug-likeness (QED) is 0.683. The van der Waals surface area contributed by atoms with Gasteiger partial charge < -0.3 is 9.47 Å². The van der Waals surface area contributed by atoms with Crippen LogP contribution in [0.4, 0.5) is 0 Å². The van der Waals surface area contributed by atoms with Gasteiger partial charge in [0.2, 0.25) is 0 Å². The van der Waals surface area contributed by atoms with Gasteiger partial charge in [-0.15, -0.1) is 6.58 Å². The second kappa shape index (κ2) is 7.88. The van der Waals surface area contributed by atoms with Crippen LogP contribution in [0.15, 0.2) is 12.7 Å². The molecule has 0 aromatic rings. The average Bonchev–Trinajstić information content (AvgIpc) is 2.27. The molecule has 102 valence electrons. The molecule has 1 rings (SSSR count). The molecule has 1 saturated heterocycles. The lowest BCUT2D eigenvalue weighted by molar-refractivity contribution is -0.0511. The molecule has 0 amide bonds. The van der Waals surface area contributed by atoms with Crippen LogP contribution >= 0.6 is 0 Å². The molecule has 2 nitrogen and oxygen atoms in total. The lowest BCUT2D eigenvalue weighted by Crippen LogP contribution is -2.28. The molecule has 0 N–H and O–H groups in total. The summed E-state index contributed by atoms with van der Waals surface area (Å²) in [6, 6.07) is 0. The van der Waals surface area contributed by atoms with Gasteiger partial charge in [-0.25, -0.2) is 0 Å². The van der Waals surface area contributed by atoms with Crippen molar-refractivity contribution < 1.29 is 9.47 Å². The summed E-state index contributed by atoms with van der Waals surface area (Å²) < 4.78 is 10.9. The Labute approximate surface area is 107 Å². The number of ether oxygens (including phenoxy) is 2. The Hall–Kier alpha value is -0.340. The maximum absolute atomic E-state index is 5.47. The molecule has 17 heavy (non-hydrogen) atoms. The molecular weight excluding hydrogens is 212 g/mol. The molecule has 0 saturated carbocycles. The molecule has 1 aliphatic heterocycles. The standard InChI is InChI=1S/C8H16O.C7H14O/c1-5-7-9-8(3,4)6-2;1-7(2)5-3-4-6-8-7/h6H,2,5,7H2,1,3-4H3;3-6H2,1-2H3. The maximum atomic E-state index is 5.47. The van der Waals surface area contributed by atoms with Gasteiger partial charge in [0.05, 0.1) is 11.2 Å². The van der Waals surface area contributed by atoms with Crippen LogP contribution < -0.4 is 0 Å². The summed E-state index contributed by atoms with van der Waals surface area (Å²) in [7, 11) is 0. The molecule has 1 aliphatic rings. The van der Waals surface area contributed by atoms with Crippen LogP contribution in [0.1, 0.15) is 60.3 Å². The molecule has 0 aliphatic carbocycles. The van der Waals surface area contributed by atoms with E-state index in [9.17, 15) is 0 Å². The van der Waals surface area contributed by atoms with Gasteiger partial charge in [-0.05, 0) is 53.4 Å². The van der Waals surface area contributed by atoms with Gasteiger partial charge >= 0.3 is 0 Å². The lowest BCUT2D eigenvalue weighted by Gasteiger charge is -2.29. The molecule has 1 heterocycles. The minimum Gasteiger partial charge on any atom is -0.376 e. The second-order valence-corrected chi connectivity index (χ2v) is 5.72. The highest BCUT2D eigenvalue weighted by Crippen LogP contribution is 2.22. The monoisotopic (exact) mass is 242 g/mol. The molecular formula is C15H30O2. The van der Waals surface area contributed by atoms with E-state index in [-0.39, 0.29) is 11.2 Å². The van der Waals surface area contributed by atoms with Crippen molar-refractivity contribution in [2.75, 3.05) is 13.2 Å². The fourth-order valence-corrected chi connectivity index (χ4v) is 1.50. The highest BCUT2D eigenvalue weighted by Gasteiger charge is 2.20. The van der Waals surface area contributed by atoms with Crippen LogP contribution in [0.3, 0.4) is 0 Å². The van der Waals surface area contributed by atoms with Crippen LogP contribution in [0.25, 0.3) is 0 Å². The van der Waals surface area contributed by atoms with E-state index in [0.717, 1.165) is 19.6 Å². The smallest absolute Gasteiger partial charge is 0.0803 e. The number of rotatable bonds is 4. The minimum absolute atomic E-state index is 0.143. The van der Waals surface area contributed by atoms with Gasteiger partial charge in [-0.3, -0.25) is 0 Å². The predicted octanol–water partition coefficient (Wildman–Crippen LogP) is 4.34. The Morgan fingerprint density at radius 1 is 1.35 bits per heavy atom. The van der Waals surface area contributed by atoms with Gasteiger partial charge in [0.15, 0.2) is 0 Å². The molecule has 1 fully saturated rings. The summed E-state index contributed by atoms with van der Waals surface area (Å²) in [5.41, 5.74) is 0.0360. The van der Waals surface area contributed by atoms with Crippen molar-refractivity contribution in [1.29, 1.82) is 0 Å². The van der Waals surface area contributed by atoms with Gasteiger partial charge in [0, 0.05) is 13.2 Å². The Bertz CT molecular complexity index is 199. The van der Waals surface area contributed by atoms with Crippen molar-refractivity contribution >= 4 is 0 Å². The average molecular weight is 242 g/mol. The lowest BCUT2D eigenvalue weighted by atomic mass is 9.99. The van der Waals surface area contributed by atoms with Crippen molar-refractivity contribution in [3.63, 3.8) is 0 Å². The highest BCUT2D eigenvalue weighted by molar-refractivity contribution is 4.89. The maximum Gasteiger partial charge on any atom is 0.0803 e. The first-order valence-electron chi connectivity index (χ1n) is 6.74. The third kappa shape index (κ3) is 9.37. The Balaban J connectivity index is 0.000000302.